The van der Waals surface area contributed by atoms with Crippen LogP contribution >= 0.6 is 0 Å². The minimum Gasteiger partial charge on any atom is -0.486 e. The van der Waals surface area contributed by atoms with E-state index in [0.717, 1.165) is 47.8 Å². The van der Waals surface area contributed by atoms with Crippen molar-refractivity contribution in [2.24, 2.45) is 16.2 Å². The van der Waals surface area contributed by atoms with Crippen LogP contribution in [0.1, 0.15) is 127 Å². The van der Waals surface area contributed by atoms with Gasteiger partial charge >= 0.3 is 0 Å². The van der Waals surface area contributed by atoms with E-state index in [4.69, 9.17) is 18.9 Å². The lowest BCUT2D eigenvalue weighted by Crippen LogP contribution is -2.20. The first kappa shape index (κ1) is 55.9. The lowest BCUT2D eigenvalue weighted by atomic mass is 9.76. The number of hydrogen-bond acceptors (Lipinski definition) is 4. The number of hydrogen-bond donors (Lipinski definition) is 0. The van der Waals surface area contributed by atoms with Crippen LogP contribution in [0.25, 0.3) is 76.5 Å². The van der Waals surface area contributed by atoms with E-state index in [1.807, 2.05) is 0 Å². The van der Waals surface area contributed by atoms with Crippen molar-refractivity contribution in [3.05, 3.63) is 203 Å². The highest BCUT2D eigenvalue weighted by Gasteiger charge is 2.31. The zero-order valence-electron chi connectivity index (χ0n) is 50.8. The van der Waals surface area contributed by atoms with Crippen molar-refractivity contribution < 1.29 is 18.9 Å². The van der Waals surface area contributed by atoms with Crippen molar-refractivity contribution in [3.63, 3.8) is 0 Å². The van der Waals surface area contributed by atoms with Crippen molar-refractivity contribution in [3.8, 4) is 56.4 Å². The Kier molecular flexibility index (Phi) is 15.7. The van der Waals surface area contributed by atoms with Crippen LogP contribution in [0, 0.1) is 16.2 Å². The van der Waals surface area contributed by atoms with Crippen LogP contribution in [-0.2, 0) is 44.9 Å². The summed E-state index contributed by atoms with van der Waals surface area (Å²) >= 11 is 0. The van der Waals surface area contributed by atoms with E-state index in [1.54, 1.807) is 11.1 Å². The predicted octanol–water partition coefficient (Wildman–Crippen LogP) is 20.7. The van der Waals surface area contributed by atoms with Crippen molar-refractivity contribution in [2.75, 3.05) is 26.4 Å². The Balaban J connectivity index is 0.000000123. The molecule has 0 saturated carbocycles. The van der Waals surface area contributed by atoms with Crippen LogP contribution in [0.3, 0.4) is 0 Å². The fraction of sp³-hybridized carbons (Fsp3) is 0.342. The predicted molar refractivity (Wildman–Crippen MR) is 350 cm³/mol. The molecule has 0 radical (unpaired) electrons. The highest BCUT2D eigenvalue weighted by Crippen LogP contribution is 2.52. The molecule has 0 unspecified atom stereocenters. The molecule has 0 aromatic heterocycles. The first-order valence-electron chi connectivity index (χ1n) is 30.9. The fourth-order valence-corrected chi connectivity index (χ4v) is 13.8. The molecule has 2 aliphatic heterocycles. The summed E-state index contributed by atoms with van der Waals surface area (Å²) in [6, 6.07) is 59.7. The molecule has 10 aromatic rings. The van der Waals surface area contributed by atoms with E-state index in [-0.39, 0.29) is 16.2 Å². The Bertz CT molecular complexity index is 3990. The first-order valence-corrected chi connectivity index (χ1v) is 30.9. The van der Waals surface area contributed by atoms with E-state index < -0.39 is 0 Å². The second-order valence-electron chi connectivity index (χ2n) is 27.4. The molecule has 83 heavy (non-hydrogen) atoms. The number of rotatable bonds is 6. The molecule has 10 aromatic carbocycles. The average Bonchev–Trinajstić information content (AvgIpc) is 3.29. The van der Waals surface area contributed by atoms with E-state index in [9.17, 15) is 0 Å². The lowest BCUT2D eigenvalue weighted by molar-refractivity contribution is 0.172. The maximum atomic E-state index is 6.33. The molecule has 0 fully saturated rings. The fourth-order valence-electron chi connectivity index (χ4n) is 13.8. The third-order valence-corrected chi connectivity index (χ3v) is 17.1. The van der Waals surface area contributed by atoms with Gasteiger partial charge in [0.1, 0.15) is 26.4 Å². The van der Waals surface area contributed by atoms with Crippen LogP contribution < -0.4 is 18.9 Å². The molecular weight excluding hydrogens is 1010 g/mol. The van der Waals surface area contributed by atoms with Crippen molar-refractivity contribution >= 4 is 43.1 Å². The van der Waals surface area contributed by atoms with Gasteiger partial charge < -0.3 is 18.9 Å². The van der Waals surface area contributed by atoms with Gasteiger partial charge in [0, 0.05) is 11.1 Å². The number of ether oxygens (including phenoxy) is 4. The monoisotopic (exact) mass is 1100 g/mol. The topological polar surface area (TPSA) is 36.9 Å². The van der Waals surface area contributed by atoms with Gasteiger partial charge in [0.25, 0.3) is 0 Å². The molecule has 0 atom stereocenters. The third kappa shape index (κ3) is 12.0. The van der Waals surface area contributed by atoms with Gasteiger partial charge in [0.2, 0.25) is 0 Å². The molecule has 4 aliphatic rings. The molecule has 2 heterocycles. The molecule has 0 bridgehead atoms. The van der Waals surface area contributed by atoms with E-state index >= 15 is 0 Å². The van der Waals surface area contributed by atoms with Crippen LogP contribution in [0.4, 0.5) is 0 Å². The Morgan fingerprint density at radius 1 is 0.313 bits per heavy atom. The van der Waals surface area contributed by atoms with Gasteiger partial charge in [-0.1, -0.05) is 214 Å². The minimum absolute atomic E-state index is 0.180. The molecule has 4 nitrogen and oxygen atoms in total. The largest absolute Gasteiger partial charge is 0.486 e. The smallest absolute Gasteiger partial charge is 0.169 e. The first-order chi connectivity index (χ1) is 40.0. The Morgan fingerprint density at radius 3 is 1.31 bits per heavy atom. The van der Waals surface area contributed by atoms with Crippen molar-refractivity contribution in [1.29, 1.82) is 0 Å². The van der Waals surface area contributed by atoms with E-state index in [1.165, 1.54) is 150 Å². The van der Waals surface area contributed by atoms with E-state index in [0.29, 0.717) is 26.4 Å². The molecular formula is C79H84O4. The highest BCUT2D eigenvalue weighted by atomic mass is 16.6. The minimum atomic E-state index is 0.180. The molecule has 4 heteroatoms. The standard InChI is InChI=1S/C27H34O2.C27H26O2.C25H24/c2*1-27(2,3)17-20-13-12-18-8-4-6-10-21(18)24(20)25-22-11-7-5-9-19(22)16-23-26(25)29-15-14-28-23;1-25(2,3)17-20-16-15-19-10-5-7-13-22(19)24(20)23-14-8-11-18-9-4-6-12-21(18)23/h12-13,16H,4-11,14-15,17H2,1-3H3;4-13,16H,14-15,17H2,1-3H3;4-16H,17H2,1-3H3. The van der Waals surface area contributed by atoms with Crippen LogP contribution in [-0.4, -0.2) is 26.4 Å². The quantitative estimate of drug-likeness (QED) is 0.166. The summed E-state index contributed by atoms with van der Waals surface area (Å²) in [6.07, 6.45) is 13.1. The van der Waals surface area contributed by atoms with Gasteiger partial charge in [-0.3, -0.25) is 0 Å². The normalized spacial score (nSPS) is 14.8. The molecule has 0 saturated heterocycles. The highest BCUT2D eigenvalue weighted by molar-refractivity contribution is 6.10. The summed E-state index contributed by atoms with van der Waals surface area (Å²) in [5.74, 6) is 3.72. The zero-order valence-corrected chi connectivity index (χ0v) is 50.8. The molecule has 14 rings (SSSR count). The SMILES string of the molecule is CC(C)(C)Cc1ccc2c(c1-c1c3c(cc4c1OCCO4)CCCC3)CCCC2.CC(C)(C)Cc1ccc2ccccc2c1-c1c2c(cc3ccccc13)OCCO2.CC(C)(C)Cc1ccc2ccccc2c1-c1cccc2ccccc12. The number of benzene rings is 10. The lowest BCUT2D eigenvalue weighted by Gasteiger charge is -2.32. The molecule has 0 N–H and O–H groups in total. The summed E-state index contributed by atoms with van der Waals surface area (Å²) in [4.78, 5) is 0. The zero-order chi connectivity index (χ0) is 57.5. The Labute approximate surface area is 494 Å². The van der Waals surface area contributed by atoms with Crippen molar-refractivity contribution in [1.82, 2.24) is 0 Å². The van der Waals surface area contributed by atoms with Gasteiger partial charge in [-0.2, -0.15) is 0 Å². The van der Waals surface area contributed by atoms with Crippen molar-refractivity contribution in [2.45, 2.75) is 133 Å². The van der Waals surface area contributed by atoms with Gasteiger partial charge in [0.15, 0.2) is 23.0 Å². The van der Waals surface area contributed by atoms with Gasteiger partial charge in [-0.15, -0.1) is 0 Å². The number of aryl methyl sites for hydroxylation is 2. The summed E-state index contributed by atoms with van der Waals surface area (Å²) in [5.41, 5.74) is 19.2. The molecule has 2 aliphatic carbocycles. The van der Waals surface area contributed by atoms with Gasteiger partial charge in [-0.25, -0.2) is 0 Å². The summed E-state index contributed by atoms with van der Waals surface area (Å²) in [5, 5.41) is 10.2. The van der Waals surface area contributed by atoms with Gasteiger partial charge in [0.05, 0.1) is 0 Å². The summed E-state index contributed by atoms with van der Waals surface area (Å²) in [7, 11) is 0. The average molecular weight is 1100 g/mol. The number of fused-ring (bicyclic) bond motifs is 8. The van der Waals surface area contributed by atoms with Crippen LogP contribution in [0.5, 0.6) is 23.0 Å². The van der Waals surface area contributed by atoms with Crippen LogP contribution in [0.2, 0.25) is 0 Å². The maximum Gasteiger partial charge on any atom is 0.169 e. The third-order valence-electron chi connectivity index (χ3n) is 17.1. The molecule has 0 spiro atoms. The summed E-state index contributed by atoms with van der Waals surface area (Å²) < 4.78 is 24.7. The summed E-state index contributed by atoms with van der Waals surface area (Å²) in [6.45, 7) is 23.4. The Hall–Kier alpha value is -7.56. The molecule has 424 valence electrons. The maximum absolute atomic E-state index is 6.33. The Morgan fingerprint density at radius 2 is 0.723 bits per heavy atom. The van der Waals surface area contributed by atoms with Gasteiger partial charge in [-0.05, 0) is 203 Å². The second kappa shape index (κ2) is 23.2. The van der Waals surface area contributed by atoms with Crippen LogP contribution in [0.15, 0.2) is 164 Å². The second-order valence-corrected chi connectivity index (χ2v) is 27.4. The van der Waals surface area contributed by atoms with E-state index in [2.05, 4.69) is 226 Å². The molecule has 0 amide bonds.